The molecule has 3 aliphatic carbocycles. The molecule has 5 rings (SSSR count). The van der Waals surface area contributed by atoms with Crippen LogP contribution in [0.25, 0.3) is 11.1 Å². The predicted molar refractivity (Wildman–Crippen MR) is 117 cm³/mol. The lowest BCUT2D eigenvalue weighted by Gasteiger charge is -2.15. The summed E-state index contributed by atoms with van der Waals surface area (Å²) in [5, 5.41) is 14.7. The van der Waals surface area contributed by atoms with E-state index in [2.05, 4.69) is 34.9 Å². The van der Waals surface area contributed by atoms with E-state index >= 15 is 0 Å². The highest BCUT2D eigenvalue weighted by Crippen LogP contribution is 2.45. The van der Waals surface area contributed by atoms with Gasteiger partial charge in [-0.15, -0.1) is 0 Å². The second-order valence-electron chi connectivity index (χ2n) is 9.15. The van der Waals surface area contributed by atoms with Gasteiger partial charge < -0.3 is 20.5 Å². The fourth-order valence-electron chi connectivity index (χ4n) is 4.80. The average Bonchev–Trinajstić information content (AvgIpc) is 3.69. The second kappa shape index (κ2) is 7.97. The minimum absolute atomic E-state index is 0.0107. The molecule has 7 heteroatoms. The molecule has 0 aliphatic heterocycles. The summed E-state index contributed by atoms with van der Waals surface area (Å²) in [6, 6.07) is 16.4. The first-order valence-electron chi connectivity index (χ1n) is 11.1. The van der Waals surface area contributed by atoms with E-state index in [1.54, 1.807) is 0 Å². The van der Waals surface area contributed by atoms with Crippen LogP contribution < -0.4 is 10.6 Å². The molecule has 0 bridgehead atoms. The van der Waals surface area contributed by atoms with Gasteiger partial charge in [0.15, 0.2) is 0 Å². The molecule has 0 radical (unpaired) electrons. The van der Waals surface area contributed by atoms with Gasteiger partial charge in [-0.2, -0.15) is 0 Å². The maximum Gasteiger partial charge on any atom is 0.407 e. The van der Waals surface area contributed by atoms with Crippen molar-refractivity contribution in [3.8, 4) is 11.1 Å². The monoisotopic (exact) mass is 434 g/mol. The Bertz CT molecular complexity index is 1030. The SMILES string of the molecule is O=C(O)CC1(NC(=O)[C@@H]2C[C@@H]2CNC(=O)OCC2c3ccccc3-c3ccccc32)CC1. The lowest BCUT2D eigenvalue weighted by Crippen LogP contribution is -2.40. The zero-order valence-corrected chi connectivity index (χ0v) is 17.7. The summed E-state index contributed by atoms with van der Waals surface area (Å²) < 4.78 is 5.53. The van der Waals surface area contributed by atoms with Gasteiger partial charge in [-0.25, -0.2) is 4.79 Å². The van der Waals surface area contributed by atoms with Crippen molar-refractivity contribution < 1.29 is 24.2 Å². The zero-order valence-electron chi connectivity index (χ0n) is 17.7. The van der Waals surface area contributed by atoms with Gasteiger partial charge in [0.1, 0.15) is 6.61 Å². The molecule has 166 valence electrons. The fourth-order valence-corrected chi connectivity index (χ4v) is 4.80. The van der Waals surface area contributed by atoms with E-state index < -0.39 is 17.6 Å². The van der Waals surface area contributed by atoms with Crippen molar-refractivity contribution in [1.82, 2.24) is 10.6 Å². The molecule has 0 aromatic heterocycles. The van der Waals surface area contributed by atoms with Crippen molar-refractivity contribution in [3.63, 3.8) is 0 Å². The van der Waals surface area contributed by atoms with Crippen LogP contribution in [-0.4, -0.2) is 41.8 Å². The van der Waals surface area contributed by atoms with Gasteiger partial charge in [-0.1, -0.05) is 48.5 Å². The number of hydrogen-bond acceptors (Lipinski definition) is 4. The summed E-state index contributed by atoms with van der Waals surface area (Å²) in [5.74, 6) is -1.10. The van der Waals surface area contributed by atoms with Crippen molar-refractivity contribution in [3.05, 3.63) is 59.7 Å². The summed E-state index contributed by atoms with van der Waals surface area (Å²) in [6.45, 7) is 0.632. The molecule has 0 unspecified atom stereocenters. The van der Waals surface area contributed by atoms with Gasteiger partial charge in [0.2, 0.25) is 5.91 Å². The van der Waals surface area contributed by atoms with E-state index in [1.807, 2.05) is 24.3 Å². The lowest BCUT2D eigenvalue weighted by molar-refractivity contribution is -0.138. The van der Waals surface area contributed by atoms with Crippen molar-refractivity contribution in [1.29, 1.82) is 0 Å². The smallest absolute Gasteiger partial charge is 0.407 e. The standard InChI is InChI=1S/C25H26N2O5/c28-22(29)12-25(9-10-25)27-23(30)20-11-15(20)13-26-24(31)32-14-21-18-7-3-1-5-16(18)17-6-2-4-8-19(17)21/h1-8,15,20-21H,9-14H2,(H,26,31)(H,27,30)(H,28,29)/t15-,20-/m1/s1. The van der Waals surface area contributed by atoms with Crippen molar-refractivity contribution in [2.24, 2.45) is 11.8 Å². The van der Waals surface area contributed by atoms with Gasteiger partial charge in [0.05, 0.1) is 12.0 Å². The van der Waals surface area contributed by atoms with Crippen molar-refractivity contribution in [2.45, 2.75) is 37.1 Å². The van der Waals surface area contributed by atoms with Gasteiger partial charge in [-0.3, -0.25) is 9.59 Å². The zero-order chi connectivity index (χ0) is 22.3. The first-order valence-corrected chi connectivity index (χ1v) is 11.1. The maximum absolute atomic E-state index is 12.4. The van der Waals surface area contributed by atoms with Crippen LogP contribution in [0.15, 0.2) is 48.5 Å². The van der Waals surface area contributed by atoms with Crippen LogP contribution >= 0.6 is 0 Å². The number of amides is 2. The van der Waals surface area contributed by atoms with Crippen LogP contribution in [0.4, 0.5) is 4.79 Å². The number of fused-ring (bicyclic) bond motifs is 3. The van der Waals surface area contributed by atoms with E-state index in [0.29, 0.717) is 25.8 Å². The molecule has 0 heterocycles. The Morgan fingerprint density at radius 2 is 1.62 bits per heavy atom. The number of carboxylic acid groups (broad SMARTS) is 1. The normalized spacial score (nSPS) is 21.8. The Hall–Kier alpha value is -3.35. The Kier molecular flexibility index (Phi) is 5.12. The third kappa shape index (κ3) is 4.07. The molecule has 2 amide bonds. The maximum atomic E-state index is 12.4. The van der Waals surface area contributed by atoms with Gasteiger partial charge in [0.25, 0.3) is 0 Å². The highest BCUT2D eigenvalue weighted by molar-refractivity contribution is 5.84. The Labute approximate surface area is 186 Å². The molecule has 2 atom stereocenters. The van der Waals surface area contributed by atoms with E-state index in [4.69, 9.17) is 9.84 Å². The highest BCUT2D eigenvalue weighted by atomic mass is 16.5. The average molecular weight is 434 g/mol. The van der Waals surface area contributed by atoms with Crippen LogP contribution in [0.3, 0.4) is 0 Å². The third-order valence-electron chi connectivity index (χ3n) is 6.84. The molecular weight excluding hydrogens is 408 g/mol. The Balaban J connectivity index is 1.09. The number of ether oxygens (including phenoxy) is 1. The van der Waals surface area contributed by atoms with Gasteiger partial charge in [0, 0.05) is 18.4 Å². The molecule has 2 fully saturated rings. The van der Waals surface area contributed by atoms with Gasteiger partial charge in [-0.05, 0) is 47.4 Å². The van der Waals surface area contributed by atoms with Crippen LogP contribution in [0.2, 0.25) is 0 Å². The number of alkyl carbamates (subject to hydrolysis) is 1. The number of hydrogen-bond donors (Lipinski definition) is 3. The lowest BCUT2D eigenvalue weighted by atomic mass is 9.98. The quantitative estimate of drug-likeness (QED) is 0.591. The van der Waals surface area contributed by atoms with Crippen molar-refractivity contribution in [2.75, 3.05) is 13.2 Å². The molecule has 2 aromatic rings. The molecule has 3 aliphatic rings. The topological polar surface area (TPSA) is 105 Å². The number of rotatable bonds is 8. The van der Waals surface area contributed by atoms with E-state index in [-0.39, 0.29) is 36.7 Å². The molecule has 0 saturated heterocycles. The number of benzene rings is 2. The summed E-state index contributed by atoms with van der Waals surface area (Å²) in [7, 11) is 0. The summed E-state index contributed by atoms with van der Waals surface area (Å²) in [4.78, 5) is 35.6. The number of carboxylic acids is 1. The summed E-state index contributed by atoms with van der Waals surface area (Å²) >= 11 is 0. The van der Waals surface area contributed by atoms with E-state index in [1.165, 1.54) is 11.1 Å². The van der Waals surface area contributed by atoms with Crippen molar-refractivity contribution >= 4 is 18.0 Å². The number of aliphatic carboxylic acids is 1. The van der Waals surface area contributed by atoms with Crippen LogP contribution in [0.1, 0.15) is 42.7 Å². The molecular formula is C25H26N2O5. The molecule has 2 saturated carbocycles. The third-order valence-corrected chi connectivity index (χ3v) is 6.84. The summed E-state index contributed by atoms with van der Waals surface area (Å²) in [6.07, 6.45) is 1.59. The number of nitrogens with one attached hydrogen (secondary N) is 2. The minimum Gasteiger partial charge on any atom is -0.481 e. The minimum atomic E-state index is -0.896. The molecule has 32 heavy (non-hydrogen) atoms. The number of carbonyl (C=O) groups excluding carboxylic acids is 2. The first-order chi connectivity index (χ1) is 15.5. The largest absolute Gasteiger partial charge is 0.481 e. The van der Waals surface area contributed by atoms with Crippen LogP contribution in [0.5, 0.6) is 0 Å². The van der Waals surface area contributed by atoms with Crippen LogP contribution in [0, 0.1) is 11.8 Å². The predicted octanol–water partition coefficient (Wildman–Crippen LogP) is 3.28. The Morgan fingerprint density at radius 1 is 1.00 bits per heavy atom. The first kappa shape index (κ1) is 20.5. The highest BCUT2D eigenvalue weighted by Gasteiger charge is 2.50. The van der Waals surface area contributed by atoms with Crippen LogP contribution in [-0.2, 0) is 14.3 Å². The number of carbonyl (C=O) groups is 3. The van der Waals surface area contributed by atoms with E-state index in [9.17, 15) is 14.4 Å². The molecule has 2 aromatic carbocycles. The molecule has 0 spiro atoms. The molecule has 3 N–H and O–H groups in total. The second-order valence-corrected chi connectivity index (χ2v) is 9.15. The Morgan fingerprint density at radius 3 is 2.22 bits per heavy atom. The fraction of sp³-hybridized carbons (Fsp3) is 0.400. The molecule has 7 nitrogen and oxygen atoms in total. The summed E-state index contributed by atoms with van der Waals surface area (Å²) in [5.41, 5.74) is 4.13. The van der Waals surface area contributed by atoms with E-state index in [0.717, 1.165) is 11.1 Å². The van der Waals surface area contributed by atoms with Gasteiger partial charge >= 0.3 is 12.1 Å².